The third-order valence-electron chi connectivity index (χ3n) is 2.28. The van der Waals surface area contributed by atoms with Crippen molar-refractivity contribution in [3.63, 3.8) is 0 Å². The van der Waals surface area contributed by atoms with Gasteiger partial charge in [-0.15, -0.1) is 11.8 Å². The molecule has 1 aromatic carbocycles. The monoisotopic (exact) mass is 246 g/mol. The molecule has 88 valence electrons. The first-order valence-electron chi connectivity index (χ1n) is 4.75. The summed E-state index contributed by atoms with van der Waals surface area (Å²) in [5.41, 5.74) is -0.394. The van der Waals surface area contributed by atoms with Gasteiger partial charge in [0.1, 0.15) is 16.4 Å². The first-order chi connectivity index (χ1) is 7.43. The minimum atomic E-state index is -1.59. The van der Waals surface area contributed by atoms with Crippen molar-refractivity contribution in [2.24, 2.45) is 0 Å². The molecule has 0 spiro atoms. The van der Waals surface area contributed by atoms with Crippen LogP contribution in [0.15, 0.2) is 18.2 Å². The summed E-state index contributed by atoms with van der Waals surface area (Å²) in [7, 11) is 0. The Morgan fingerprint density at radius 1 is 1.44 bits per heavy atom. The number of benzene rings is 1. The molecular formula is C11H12F2O2S. The van der Waals surface area contributed by atoms with Gasteiger partial charge in [0.05, 0.1) is 5.56 Å². The van der Waals surface area contributed by atoms with Gasteiger partial charge in [0.15, 0.2) is 0 Å². The lowest BCUT2D eigenvalue weighted by Crippen LogP contribution is -2.31. The smallest absolute Gasteiger partial charge is 0.324 e. The maximum absolute atomic E-state index is 13.5. The molecule has 0 saturated heterocycles. The van der Waals surface area contributed by atoms with Crippen LogP contribution in [0.1, 0.15) is 19.4 Å². The molecule has 16 heavy (non-hydrogen) atoms. The third-order valence-corrected chi connectivity index (χ3v) is 3.53. The van der Waals surface area contributed by atoms with E-state index in [0.717, 1.165) is 23.9 Å². The normalized spacial score (nSPS) is 14.5. The summed E-state index contributed by atoms with van der Waals surface area (Å²) in [6, 6.07) is 3.35. The Hall–Kier alpha value is -1.10. The lowest BCUT2D eigenvalue weighted by atomic mass is 9.99. The molecule has 1 rings (SSSR count). The van der Waals surface area contributed by atoms with Crippen LogP contribution >= 0.6 is 11.8 Å². The largest absolute Gasteiger partial charge is 0.480 e. The molecule has 0 saturated carbocycles. The molecule has 0 heterocycles. The topological polar surface area (TPSA) is 37.3 Å². The quantitative estimate of drug-likeness (QED) is 0.887. The Bertz CT molecular complexity index is 389. The molecule has 0 aliphatic rings. The number of carboxylic acid groups (broad SMARTS) is 1. The molecule has 2 nitrogen and oxygen atoms in total. The van der Waals surface area contributed by atoms with Crippen LogP contribution in [0.3, 0.4) is 0 Å². The number of rotatable bonds is 4. The van der Waals surface area contributed by atoms with E-state index in [1.807, 2.05) is 0 Å². The van der Waals surface area contributed by atoms with Crippen molar-refractivity contribution in [1.82, 2.24) is 0 Å². The second-order valence-corrected chi connectivity index (χ2v) is 5.05. The average molecular weight is 246 g/mol. The molecule has 0 aliphatic carbocycles. The lowest BCUT2D eigenvalue weighted by molar-refractivity contribution is -0.139. The van der Waals surface area contributed by atoms with E-state index in [-0.39, 0.29) is 0 Å². The van der Waals surface area contributed by atoms with Gasteiger partial charge in [-0.2, -0.15) is 0 Å². The van der Waals surface area contributed by atoms with Crippen LogP contribution < -0.4 is 0 Å². The Labute approximate surface area is 96.7 Å². The van der Waals surface area contributed by atoms with Crippen LogP contribution in [0, 0.1) is 11.6 Å². The van der Waals surface area contributed by atoms with E-state index in [9.17, 15) is 13.6 Å². The highest BCUT2D eigenvalue weighted by Crippen LogP contribution is 2.39. The number of carbonyl (C=O) groups is 1. The molecule has 0 radical (unpaired) electrons. The van der Waals surface area contributed by atoms with Crippen LogP contribution in [0.2, 0.25) is 0 Å². The van der Waals surface area contributed by atoms with Gasteiger partial charge in [-0.25, -0.2) is 8.78 Å². The summed E-state index contributed by atoms with van der Waals surface area (Å²) in [5.74, 6) is -2.45. The minimum absolute atomic E-state index is 0.394. The van der Waals surface area contributed by atoms with Gasteiger partial charge < -0.3 is 5.11 Å². The predicted octanol–water partition coefficient (Wildman–Crippen LogP) is 3.02. The van der Waals surface area contributed by atoms with Crippen molar-refractivity contribution >= 4 is 17.7 Å². The molecular weight excluding hydrogens is 234 g/mol. The minimum Gasteiger partial charge on any atom is -0.480 e. The van der Waals surface area contributed by atoms with Crippen LogP contribution in [0.25, 0.3) is 0 Å². The second-order valence-electron chi connectivity index (χ2n) is 3.37. The zero-order chi connectivity index (χ0) is 12.3. The zero-order valence-electron chi connectivity index (χ0n) is 8.96. The fraction of sp³-hybridized carbons (Fsp3) is 0.364. The highest BCUT2D eigenvalue weighted by Gasteiger charge is 2.40. The van der Waals surface area contributed by atoms with E-state index < -0.39 is 27.9 Å². The highest BCUT2D eigenvalue weighted by atomic mass is 32.2. The Morgan fingerprint density at radius 2 is 1.94 bits per heavy atom. The Balaban J connectivity index is 3.37. The first kappa shape index (κ1) is 13.0. The number of halogens is 2. The van der Waals surface area contributed by atoms with E-state index in [1.54, 1.807) is 6.92 Å². The fourth-order valence-corrected chi connectivity index (χ4v) is 2.52. The van der Waals surface area contributed by atoms with Crippen molar-refractivity contribution in [2.45, 2.75) is 18.6 Å². The summed E-state index contributed by atoms with van der Waals surface area (Å²) in [5, 5.41) is 9.11. The van der Waals surface area contributed by atoms with Gasteiger partial charge in [-0.1, -0.05) is 13.0 Å². The lowest BCUT2D eigenvalue weighted by Gasteiger charge is -2.25. The van der Waals surface area contributed by atoms with E-state index in [2.05, 4.69) is 0 Å². The van der Waals surface area contributed by atoms with E-state index in [1.165, 1.54) is 13.0 Å². The second kappa shape index (κ2) is 4.82. The molecule has 1 aromatic rings. The molecule has 0 amide bonds. The summed E-state index contributed by atoms with van der Waals surface area (Å²) in [4.78, 5) is 11.2. The van der Waals surface area contributed by atoms with Crippen LogP contribution in [-0.4, -0.2) is 16.8 Å². The number of carboxylic acids is 1. The maximum atomic E-state index is 13.5. The van der Waals surface area contributed by atoms with Gasteiger partial charge >= 0.3 is 5.97 Å². The van der Waals surface area contributed by atoms with Gasteiger partial charge in [0, 0.05) is 0 Å². The molecule has 1 N–H and O–H groups in total. The molecule has 0 bridgehead atoms. The van der Waals surface area contributed by atoms with Gasteiger partial charge in [0.2, 0.25) is 0 Å². The van der Waals surface area contributed by atoms with E-state index >= 15 is 0 Å². The van der Waals surface area contributed by atoms with Crippen molar-refractivity contribution < 1.29 is 18.7 Å². The van der Waals surface area contributed by atoms with Gasteiger partial charge in [0.25, 0.3) is 0 Å². The highest BCUT2D eigenvalue weighted by molar-refractivity contribution is 8.00. The molecule has 1 unspecified atom stereocenters. The fourth-order valence-electron chi connectivity index (χ4n) is 1.48. The van der Waals surface area contributed by atoms with Crippen LogP contribution in [-0.2, 0) is 9.54 Å². The number of aliphatic carboxylic acids is 1. The SMILES string of the molecule is CCSC(C)(C(=O)O)c1c(F)cccc1F. The van der Waals surface area contributed by atoms with Crippen molar-refractivity contribution in [2.75, 3.05) is 5.75 Å². The van der Waals surface area contributed by atoms with Gasteiger partial charge in [-0.05, 0) is 24.8 Å². The van der Waals surface area contributed by atoms with Crippen molar-refractivity contribution in [1.29, 1.82) is 0 Å². The average Bonchev–Trinajstić information content (AvgIpc) is 2.17. The number of hydrogen-bond acceptors (Lipinski definition) is 2. The maximum Gasteiger partial charge on any atom is 0.324 e. The molecule has 0 aliphatic heterocycles. The van der Waals surface area contributed by atoms with Gasteiger partial charge in [-0.3, -0.25) is 4.79 Å². The van der Waals surface area contributed by atoms with Crippen LogP contribution in [0.5, 0.6) is 0 Å². The standard InChI is InChI=1S/C11H12F2O2S/c1-3-16-11(2,10(14)15)9-7(12)5-4-6-8(9)13/h4-6H,3H2,1-2H3,(H,14,15). The summed E-state index contributed by atoms with van der Waals surface area (Å²) < 4.78 is 25.4. The molecule has 5 heteroatoms. The Morgan fingerprint density at radius 3 is 2.31 bits per heavy atom. The van der Waals surface area contributed by atoms with Crippen LogP contribution in [0.4, 0.5) is 8.78 Å². The van der Waals surface area contributed by atoms with E-state index in [4.69, 9.17) is 5.11 Å². The van der Waals surface area contributed by atoms with Crippen molar-refractivity contribution in [3.05, 3.63) is 35.4 Å². The predicted molar refractivity (Wildman–Crippen MR) is 59.5 cm³/mol. The molecule has 0 fully saturated rings. The first-order valence-corrected chi connectivity index (χ1v) is 5.74. The Kier molecular flexibility index (Phi) is 3.91. The summed E-state index contributed by atoms with van der Waals surface area (Å²) in [6.07, 6.45) is 0. The van der Waals surface area contributed by atoms with E-state index in [0.29, 0.717) is 5.75 Å². The number of hydrogen-bond donors (Lipinski definition) is 1. The third kappa shape index (κ3) is 2.19. The summed E-state index contributed by atoms with van der Waals surface area (Å²) in [6.45, 7) is 3.05. The molecule has 0 aromatic heterocycles. The zero-order valence-corrected chi connectivity index (χ0v) is 9.78. The molecule has 1 atom stereocenters. The van der Waals surface area contributed by atoms with Crippen molar-refractivity contribution in [3.8, 4) is 0 Å². The summed E-state index contributed by atoms with van der Waals surface area (Å²) >= 11 is 0.989. The number of thioether (sulfide) groups is 1.